The summed E-state index contributed by atoms with van der Waals surface area (Å²) in [4.78, 5) is 12.0. The maximum atomic E-state index is 4.82. The molecule has 118 valence electrons. The Kier molecular flexibility index (Phi) is 5.97. The van der Waals surface area contributed by atoms with Crippen LogP contribution in [0.4, 0.5) is 5.69 Å². The molecule has 1 aliphatic rings. The molecule has 4 nitrogen and oxygen atoms in total. The smallest absolute Gasteiger partial charge is 0.131 e. The minimum absolute atomic E-state index is 0.377. The van der Waals surface area contributed by atoms with E-state index in [0.29, 0.717) is 12.0 Å². The van der Waals surface area contributed by atoms with Crippen molar-refractivity contribution in [2.75, 3.05) is 18.5 Å². The molecule has 1 saturated heterocycles. The van der Waals surface area contributed by atoms with Crippen LogP contribution in [0.5, 0.6) is 0 Å². The molecule has 0 spiro atoms. The Morgan fingerprint density at radius 3 is 2.86 bits per heavy atom. The van der Waals surface area contributed by atoms with Gasteiger partial charge in [0.25, 0.3) is 0 Å². The Bertz CT molecular complexity index is 442. The van der Waals surface area contributed by atoms with E-state index in [-0.39, 0.29) is 0 Å². The first-order valence-electron chi connectivity index (χ1n) is 8.44. The molecule has 1 aliphatic heterocycles. The second-order valence-corrected chi connectivity index (χ2v) is 6.38. The molecule has 0 aliphatic carbocycles. The standard InChI is InChI=1S/C17H30N4/c1-5-8-14-9-6-7-10-21(14)16-12-19-17(13(2)3)20-15(16)11-18-4/h12-14,18H,5-11H2,1-4H3. The molecule has 1 fully saturated rings. The number of anilines is 1. The number of nitrogens with one attached hydrogen (secondary N) is 1. The molecule has 2 rings (SSSR count). The molecule has 2 heterocycles. The van der Waals surface area contributed by atoms with Crippen LogP contribution in [-0.4, -0.2) is 29.6 Å². The summed E-state index contributed by atoms with van der Waals surface area (Å²) in [5.74, 6) is 1.33. The van der Waals surface area contributed by atoms with Crippen LogP contribution in [-0.2, 0) is 6.54 Å². The van der Waals surface area contributed by atoms with Gasteiger partial charge in [0.15, 0.2) is 0 Å². The lowest BCUT2D eigenvalue weighted by Gasteiger charge is -2.38. The number of piperidine rings is 1. The van der Waals surface area contributed by atoms with E-state index < -0.39 is 0 Å². The van der Waals surface area contributed by atoms with Gasteiger partial charge in [0.1, 0.15) is 5.82 Å². The van der Waals surface area contributed by atoms with Crippen LogP contribution in [0.1, 0.15) is 70.3 Å². The summed E-state index contributed by atoms with van der Waals surface area (Å²) >= 11 is 0. The molecule has 0 radical (unpaired) electrons. The van der Waals surface area contributed by atoms with Crippen molar-refractivity contribution in [3.8, 4) is 0 Å². The molecule has 0 saturated carbocycles. The van der Waals surface area contributed by atoms with Crippen LogP contribution < -0.4 is 10.2 Å². The predicted molar refractivity (Wildman–Crippen MR) is 88.8 cm³/mol. The van der Waals surface area contributed by atoms with E-state index in [1.807, 2.05) is 7.05 Å². The molecule has 0 amide bonds. The lowest BCUT2D eigenvalue weighted by Crippen LogP contribution is -2.40. The Morgan fingerprint density at radius 2 is 2.19 bits per heavy atom. The van der Waals surface area contributed by atoms with E-state index in [1.165, 1.54) is 37.8 Å². The maximum Gasteiger partial charge on any atom is 0.131 e. The molecule has 4 heteroatoms. The van der Waals surface area contributed by atoms with Crippen molar-refractivity contribution in [2.24, 2.45) is 0 Å². The van der Waals surface area contributed by atoms with Gasteiger partial charge in [0.2, 0.25) is 0 Å². The first-order chi connectivity index (χ1) is 10.2. The van der Waals surface area contributed by atoms with Crippen molar-refractivity contribution in [1.29, 1.82) is 0 Å². The zero-order chi connectivity index (χ0) is 15.2. The van der Waals surface area contributed by atoms with Gasteiger partial charge in [-0.3, -0.25) is 0 Å². The first-order valence-corrected chi connectivity index (χ1v) is 8.44. The molecule has 1 unspecified atom stereocenters. The summed E-state index contributed by atoms with van der Waals surface area (Å²) in [5.41, 5.74) is 2.39. The summed E-state index contributed by atoms with van der Waals surface area (Å²) in [6.07, 6.45) is 8.51. The zero-order valence-electron chi connectivity index (χ0n) is 14.0. The van der Waals surface area contributed by atoms with Gasteiger partial charge in [-0.2, -0.15) is 0 Å². The Labute approximate surface area is 129 Å². The van der Waals surface area contributed by atoms with Gasteiger partial charge >= 0.3 is 0 Å². The largest absolute Gasteiger partial charge is 0.366 e. The van der Waals surface area contributed by atoms with Gasteiger partial charge in [0, 0.05) is 25.0 Å². The fourth-order valence-corrected chi connectivity index (χ4v) is 3.19. The molecule has 1 atom stereocenters. The first kappa shape index (κ1) is 16.2. The fraction of sp³-hybridized carbons (Fsp3) is 0.765. The normalized spacial score (nSPS) is 19.3. The molecule has 1 N–H and O–H groups in total. The summed E-state index contributed by atoms with van der Waals surface area (Å²) < 4.78 is 0. The number of hydrogen-bond donors (Lipinski definition) is 1. The van der Waals surface area contributed by atoms with E-state index in [2.05, 4.69) is 42.2 Å². The van der Waals surface area contributed by atoms with Gasteiger partial charge in [-0.15, -0.1) is 0 Å². The quantitative estimate of drug-likeness (QED) is 0.871. The van der Waals surface area contributed by atoms with E-state index in [4.69, 9.17) is 4.98 Å². The highest BCUT2D eigenvalue weighted by Crippen LogP contribution is 2.29. The molecule has 0 aromatic carbocycles. The van der Waals surface area contributed by atoms with Gasteiger partial charge in [0.05, 0.1) is 17.6 Å². The van der Waals surface area contributed by atoms with E-state index in [0.717, 1.165) is 24.6 Å². The Hall–Kier alpha value is -1.16. The van der Waals surface area contributed by atoms with Crippen molar-refractivity contribution in [1.82, 2.24) is 15.3 Å². The van der Waals surface area contributed by atoms with E-state index in [9.17, 15) is 0 Å². The predicted octanol–water partition coefficient (Wildman–Crippen LogP) is 3.48. The number of rotatable bonds is 6. The lowest BCUT2D eigenvalue weighted by molar-refractivity contribution is 0.432. The topological polar surface area (TPSA) is 41.1 Å². The van der Waals surface area contributed by atoms with Gasteiger partial charge in [-0.1, -0.05) is 27.2 Å². The summed E-state index contributed by atoms with van der Waals surface area (Å²) in [6, 6.07) is 0.660. The molecule has 0 bridgehead atoms. The molecular formula is C17H30N4. The number of nitrogens with zero attached hydrogens (tertiary/aromatic N) is 3. The minimum atomic E-state index is 0.377. The zero-order valence-corrected chi connectivity index (χ0v) is 14.0. The molecule has 21 heavy (non-hydrogen) atoms. The highest BCUT2D eigenvalue weighted by molar-refractivity contribution is 5.50. The van der Waals surface area contributed by atoms with Crippen LogP contribution in [0.2, 0.25) is 0 Å². The number of hydrogen-bond acceptors (Lipinski definition) is 4. The average Bonchev–Trinajstić information content (AvgIpc) is 2.48. The highest BCUT2D eigenvalue weighted by Gasteiger charge is 2.24. The number of aromatic nitrogens is 2. The fourth-order valence-electron chi connectivity index (χ4n) is 3.19. The third-order valence-electron chi connectivity index (χ3n) is 4.28. The van der Waals surface area contributed by atoms with Crippen LogP contribution in [0, 0.1) is 0 Å². The molecule has 1 aromatic rings. The minimum Gasteiger partial charge on any atom is -0.366 e. The summed E-state index contributed by atoms with van der Waals surface area (Å²) in [7, 11) is 1.99. The van der Waals surface area contributed by atoms with E-state index in [1.54, 1.807) is 0 Å². The summed E-state index contributed by atoms with van der Waals surface area (Å²) in [5, 5.41) is 3.26. The molecule has 1 aromatic heterocycles. The van der Waals surface area contributed by atoms with Crippen molar-refractivity contribution < 1.29 is 0 Å². The van der Waals surface area contributed by atoms with Crippen LogP contribution in [0.15, 0.2) is 6.20 Å². The lowest BCUT2D eigenvalue weighted by atomic mass is 9.97. The van der Waals surface area contributed by atoms with Crippen molar-refractivity contribution in [2.45, 2.75) is 71.4 Å². The second kappa shape index (κ2) is 7.74. The van der Waals surface area contributed by atoms with Crippen molar-refractivity contribution in [3.63, 3.8) is 0 Å². The monoisotopic (exact) mass is 290 g/mol. The van der Waals surface area contributed by atoms with Crippen molar-refractivity contribution >= 4 is 5.69 Å². The van der Waals surface area contributed by atoms with Gasteiger partial charge in [-0.05, 0) is 32.7 Å². The highest BCUT2D eigenvalue weighted by atomic mass is 15.2. The Morgan fingerprint density at radius 1 is 1.38 bits per heavy atom. The van der Waals surface area contributed by atoms with Crippen LogP contribution in [0.25, 0.3) is 0 Å². The van der Waals surface area contributed by atoms with Gasteiger partial charge in [-0.25, -0.2) is 9.97 Å². The van der Waals surface area contributed by atoms with Crippen LogP contribution in [0.3, 0.4) is 0 Å². The van der Waals surface area contributed by atoms with E-state index >= 15 is 0 Å². The summed E-state index contributed by atoms with van der Waals surface area (Å²) in [6.45, 7) is 8.54. The SMILES string of the molecule is CCCC1CCCCN1c1cnc(C(C)C)nc1CNC. The van der Waals surface area contributed by atoms with Gasteiger partial charge < -0.3 is 10.2 Å². The molecular weight excluding hydrogens is 260 g/mol. The average molecular weight is 290 g/mol. The second-order valence-electron chi connectivity index (χ2n) is 6.38. The Balaban J connectivity index is 2.31. The van der Waals surface area contributed by atoms with Crippen LogP contribution >= 0.6 is 0 Å². The van der Waals surface area contributed by atoms with Crippen molar-refractivity contribution in [3.05, 3.63) is 17.7 Å². The maximum absolute atomic E-state index is 4.82. The third-order valence-corrected chi connectivity index (χ3v) is 4.28. The third kappa shape index (κ3) is 3.94.